The summed E-state index contributed by atoms with van der Waals surface area (Å²) in [5.41, 5.74) is 0.987. The highest BCUT2D eigenvalue weighted by molar-refractivity contribution is 5.41. The third-order valence-electron chi connectivity index (χ3n) is 2.00. The molecule has 0 radical (unpaired) electrons. The Morgan fingerprint density at radius 2 is 2.37 bits per heavy atom. The quantitative estimate of drug-likeness (QED) is 0.595. The van der Waals surface area contributed by atoms with Crippen LogP contribution in [0.15, 0.2) is 47.4 Å². The average molecular weight is 258 g/mol. The van der Waals surface area contributed by atoms with E-state index in [1.54, 1.807) is 6.08 Å². The van der Waals surface area contributed by atoms with Crippen LogP contribution >= 0.6 is 0 Å². The van der Waals surface area contributed by atoms with E-state index in [0.717, 1.165) is 0 Å². The maximum Gasteiger partial charge on any atom is 0.252 e. The number of methoxy groups -OCH3 is 1. The highest BCUT2D eigenvalue weighted by atomic mass is 16.5. The number of hydrogen-bond acceptors (Lipinski definition) is 5. The van der Waals surface area contributed by atoms with Crippen molar-refractivity contribution in [3.63, 3.8) is 0 Å². The van der Waals surface area contributed by atoms with Gasteiger partial charge >= 0.3 is 0 Å². The molecule has 6 nitrogen and oxygen atoms in total. The molecule has 0 aromatic carbocycles. The Balaban J connectivity index is 2.80. The van der Waals surface area contributed by atoms with Crippen LogP contribution in [0.4, 0.5) is 5.95 Å². The second kappa shape index (κ2) is 6.93. The first-order valence-corrected chi connectivity index (χ1v) is 5.37. The number of rotatable bonds is 6. The van der Waals surface area contributed by atoms with E-state index in [0.29, 0.717) is 17.0 Å². The van der Waals surface area contributed by atoms with Gasteiger partial charge in [-0.3, -0.25) is 9.78 Å². The molecule has 2 N–H and O–H groups in total. The molecule has 0 saturated heterocycles. The lowest BCUT2D eigenvalue weighted by Gasteiger charge is -2.06. The lowest BCUT2D eigenvalue weighted by molar-refractivity contribution is 0.181. The number of H-pyrrole nitrogens is 1. The maximum absolute atomic E-state index is 11.4. The second-order valence-corrected chi connectivity index (χ2v) is 3.64. The summed E-state index contributed by atoms with van der Waals surface area (Å²) >= 11 is 0. The number of nitrogens with one attached hydrogen (secondary N) is 2. The van der Waals surface area contributed by atoms with E-state index in [-0.39, 0.29) is 18.1 Å². The van der Waals surface area contributed by atoms with E-state index in [9.17, 15) is 4.79 Å². The third-order valence-corrected chi connectivity index (χ3v) is 2.00. The van der Waals surface area contributed by atoms with Crippen LogP contribution < -0.4 is 10.9 Å². The van der Waals surface area contributed by atoms with E-state index in [1.165, 1.54) is 19.3 Å². The summed E-state index contributed by atoms with van der Waals surface area (Å²) in [6.07, 6.45) is 3.07. The Hall–Kier alpha value is -2.65. The van der Waals surface area contributed by atoms with Crippen LogP contribution in [0.3, 0.4) is 0 Å². The van der Waals surface area contributed by atoms with Crippen LogP contribution in [-0.2, 0) is 11.3 Å². The van der Waals surface area contributed by atoms with Crippen molar-refractivity contribution < 1.29 is 4.74 Å². The van der Waals surface area contributed by atoms with Crippen molar-refractivity contribution >= 4 is 5.95 Å². The summed E-state index contributed by atoms with van der Waals surface area (Å²) in [5.74, 6) is 0.261. The van der Waals surface area contributed by atoms with Crippen molar-refractivity contribution in [3.8, 4) is 6.07 Å². The molecule has 0 amide bonds. The summed E-state index contributed by atoms with van der Waals surface area (Å²) in [5, 5.41) is 11.4. The van der Waals surface area contributed by atoms with Gasteiger partial charge in [0.05, 0.1) is 18.4 Å². The highest BCUT2D eigenvalue weighted by Crippen LogP contribution is 2.04. The fourth-order valence-electron chi connectivity index (χ4n) is 1.22. The van der Waals surface area contributed by atoms with Crippen molar-refractivity contribution in [3.05, 3.63) is 58.7 Å². The first kappa shape index (κ1) is 14.4. The van der Waals surface area contributed by atoms with E-state index in [4.69, 9.17) is 10.00 Å². The normalized spacial score (nSPS) is 10.1. The zero-order valence-electron chi connectivity index (χ0n) is 10.6. The molecule has 0 atom stereocenters. The minimum Gasteiger partial charge on any atom is -0.378 e. The molecule has 0 aliphatic carbocycles. The van der Waals surface area contributed by atoms with Crippen LogP contribution in [0.5, 0.6) is 0 Å². The summed E-state index contributed by atoms with van der Waals surface area (Å²) in [6, 6.07) is 3.23. The molecule has 0 bridgehead atoms. The molecule has 98 valence electrons. The van der Waals surface area contributed by atoms with Gasteiger partial charge < -0.3 is 10.1 Å². The average Bonchev–Trinajstić information content (AvgIpc) is 2.35. The fourth-order valence-corrected chi connectivity index (χ4v) is 1.22. The van der Waals surface area contributed by atoms with Gasteiger partial charge in [-0.05, 0) is 12.2 Å². The molecule has 1 rings (SSSR count). The van der Waals surface area contributed by atoms with Gasteiger partial charge in [0.2, 0.25) is 5.95 Å². The molecule has 0 fully saturated rings. The minimum atomic E-state index is -0.289. The van der Waals surface area contributed by atoms with E-state index in [1.807, 2.05) is 6.07 Å². The van der Waals surface area contributed by atoms with Crippen molar-refractivity contribution in [2.45, 2.75) is 6.61 Å². The first-order chi connectivity index (χ1) is 9.05. The largest absolute Gasteiger partial charge is 0.378 e. The number of hydrogen-bond donors (Lipinski definition) is 2. The molecule has 0 unspecified atom stereocenters. The molecule has 0 saturated carbocycles. The molecular weight excluding hydrogens is 244 g/mol. The monoisotopic (exact) mass is 258 g/mol. The van der Waals surface area contributed by atoms with Crippen LogP contribution in [0, 0.1) is 11.3 Å². The van der Waals surface area contributed by atoms with Gasteiger partial charge in [-0.1, -0.05) is 13.2 Å². The van der Waals surface area contributed by atoms with Crippen LogP contribution in [-0.4, -0.2) is 17.1 Å². The fraction of sp³-hybridized carbons (Fsp3) is 0.154. The Morgan fingerprint density at radius 1 is 1.63 bits per heavy atom. The Kier molecular flexibility index (Phi) is 5.26. The lowest BCUT2D eigenvalue weighted by Crippen LogP contribution is -2.13. The molecule has 0 spiro atoms. The summed E-state index contributed by atoms with van der Waals surface area (Å²) in [4.78, 5) is 18.0. The number of aromatic amines is 1. The molecule has 19 heavy (non-hydrogen) atoms. The molecule has 1 aromatic rings. The molecule has 1 aromatic heterocycles. The second-order valence-electron chi connectivity index (χ2n) is 3.64. The summed E-state index contributed by atoms with van der Waals surface area (Å²) in [6.45, 7) is 7.46. The standard InChI is InChI=1S/C13H14N4O2/c1-9(7-14)4-5-10(2)15-13-16-11(8-19-3)6-12(18)17-13/h4-6H,1-2,8H2,3H3,(H2,15,16,17,18)/b5-4-. The zero-order chi connectivity index (χ0) is 14.3. The Bertz CT molecular complexity index is 608. The SMILES string of the molecule is C=C(C#N)/C=C\C(=C)Nc1nc(COC)cc(=O)[nH]1. The van der Waals surface area contributed by atoms with Crippen molar-refractivity contribution in [2.75, 3.05) is 12.4 Å². The zero-order valence-corrected chi connectivity index (χ0v) is 10.6. The molecule has 0 aliphatic heterocycles. The topological polar surface area (TPSA) is 90.8 Å². The van der Waals surface area contributed by atoms with Gasteiger partial charge in [0.15, 0.2) is 0 Å². The summed E-state index contributed by atoms with van der Waals surface area (Å²) in [7, 11) is 1.52. The predicted octanol–water partition coefficient (Wildman–Crippen LogP) is 1.48. The number of anilines is 1. The van der Waals surface area contributed by atoms with Gasteiger partial charge in [0, 0.05) is 24.4 Å². The minimum absolute atomic E-state index is 0.242. The van der Waals surface area contributed by atoms with Crippen molar-refractivity contribution in [2.24, 2.45) is 0 Å². The van der Waals surface area contributed by atoms with E-state index >= 15 is 0 Å². The number of nitrogens with zero attached hydrogens (tertiary/aromatic N) is 2. The Labute approximate surface area is 110 Å². The van der Waals surface area contributed by atoms with Gasteiger partial charge in [-0.25, -0.2) is 4.98 Å². The summed E-state index contributed by atoms with van der Waals surface area (Å²) < 4.78 is 4.91. The van der Waals surface area contributed by atoms with E-state index < -0.39 is 0 Å². The lowest BCUT2D eigenvalue weighted by atomic mass is 10.3. The van der Waals surface area contributed by atoms with E-state index in [2.05, 4.69) is 28.4 Å². The first-order valence-electron chi connectivity index (χ1n) is 5.37. The predicted molar refractivity (Wildman–Crippen MR) is 72.2 cm³/mol. The van der Waals surface area contributed by atoms with Crippen molar-refractivity contribution in [1.29, 1.82) is 5.26 Å². The third kappa shape index (κ3) is 5.02. The van der Waals surface area contributed by atoms with Gasteiger partial charge in [-0.15, -0.1) is 0 Å². The van der Waals surface area contributed by atoms with Crippen LogP contribution in [0.2, 0.25) is 0 Å². The number of ether oxygens (including phenoxy) is 1. The number of aromatic nitrogens is 2. The molecule has 6 heteroatoms. The van der Waals surface area contributed by atoms with Gasteiger partial charge in [0.1, 0.15) is 0 Å². The Morgan fingerprint density at radius 3 is 3.00 bits per heavy atom. The van der Waals surface area contributed by atoms with Crippen LogP contribution in [0.1, 0.15) is 5.69 Å². The smallest absolute Gasteiger partial charge is 0.252 e. The number of allylic oxidation sites excluding steroid dienone is 3. The maximum atomic E-state index is 11.4. The van der Waals surface area contributed by atoms with Gasteiger partial charge in [-0.2, -0.15) is 5.26 Å². The highest BCUT2D eigenvalue weighted by Gasteiger charge is 2.01. The van der Waals surface area contributed by atoms with Gasteiger partial charge in [0.25, 0.3) is 5.56 Å². The molecular formula is C13H14N4O2. The number of nitriles is 1. The van der Waals surface area contributed by atoms with Crippen molar-refractivity contribution in [1.82, 2.24) is 9.97 Å². The van der Waals surface area contributed by atoms with Crippen LogP contribution in [0.25, 0.3) is 0 Å². The molecule has 0 aliphatic rings. The molecule has 1 heterocycles.